The van der Waals surface area contributed by atoms with Crippen molar-refractivity contribution < 1.29 is 20.1 Å². The summed E-state index contributed by atoms with van der Waals surface area (Å²) in [5.41, 5.74) is -1.79. The van der Waals surface area contributed by atoms with E-state index in [-0.39, 0.29) is 0 Å². The SMILES string of the molecule is CCC(C)(C)[C@](O)(CC)C(O)N1CCCC1C(=O)O. The van der Waals surface area contributed by atoms with E-state index in [9.17, 15) is 20.1 Å². The van der Waals surface area contributed by atoms with Crippen LogP contribution >= 0.6 is 0 Å². The lowest BCUT2D eigenvalue weighted by Crippen LogP contribution is -2.61. The maximum absolute atomic E-state index is 11.2. The summed E-state index contributed by atoms with van der Waals surface area (Å²) in [4.78, 5) is 12.7. The quantitative estimate of drug-likeness (QED) is 0.682. The van der Waals surface area contributed by atoms with Gasteiger partial charge in [-0.3, -0.25) is 9.69 Å². The van der Waals surface area contributed by atoms with Crippen molar-refractivity contribution in [3.05, 3.63) is 0 Å². The highest BCUT2D eigenvalue weighted by molar-refractivity contribution is 5.73. The molecule has 0 aromatic rings. The summed E-state index contributed by atoms with van der Waals surface area (Å²) >= 11 is 0. The first-order chi connectivity index (χ1) is 8.71. The van der Waals surface area contributed by atoms with Gasteiger partial charge in [0.05, 0.1) is 0 Å². The van der Waals surface area contributed by atoms with Crippen molar-refractivity contribution in [1.29, 1.82) is 0 Å². The molecule has 1 fully saturated rings. The summed E-state index contributed by atoms with van der Waals surface area (Å²) in [5, 5.41) is 30.7. The molecule has 2 unspecified atom stereocenters. The van der Waals surface area contributed by atoms with E-state index in [1.807, 2.05) is 27.7 Å². The Hall–Kier alpha value is -0.650. The van der Waals surface area contributed by atoms with Gasteiger partial charge in [0.2, 0.25) is 0 Å². The van der Waals surface area contributed by atoms with Crippen LogP contribution in [0.5, 0.6) is 0 Å². The predicted octanol–water partition coefficient (Wildman–Crippen LogP) is 1.43. The van der Waals surface area contributed by atoms with Crippen molar-refractivity contribution >= 4 is 5.97 Å². The molecule has 5 nitrogen and oxygen atoms in total. The zero-order valence-corrected chi connectivity index (χ0v) is 12.4. The number of hydrogen-bond donors (Lipinski definition) is 3. The second kappa shape index (κ2) is 5.77. The number of carbonyl (C=O) groups is 1. The van der Waals surface area contributed by atoms with Crippen LogP contribution in [-0.2, 0) is 4.79 Å². The lowest BCUT2D eigenvalue weighted by molar-refractivity contribution is -0.209. The minimum atomic E-state index is -1.31. The first-order valence-electron chi connectivity index (χ1n) is 7.10. The van der Waals surface area contributed by atoms with Crippen molar-refractivity contribution in [3.8, 4) is 0 Å². The summed E-state index contributed by atoms with van der Waals surface area (Å²) < 4.78 is 0. The van der Waals surface area contributed by atoms with Crippen LogP contribution in [0.15, 0.2) is 0 Å². The average Bonchev–Trinajstić information content (AvgIpc) is 2.85. The molecule has 3 atom stereocenters. The molecule has 1 heterocycles. The summed E-state index contributed by atoms with van der Waals surface area (Å²) in [6, 6.07) is -0.694. The van der Waals surface area contributed by atoms with Gasteiger partial charge >= 0.3 is 5.97 Å². The molecule has 0 aromatic carbocycles. The Morgan fingerprint density at radius 2 is 1.95 bits per heavy atom. The van der Waals surface area contributed by atoms with Gasteiger partial charge in [-0.15, -0.1) is 0 Å². The zero-order chi connectivity index (χ0) is 14.8. The number of aliphatic hydroxyl groups is 2. The van der Waals surface area contributed by atoms with E-state index in [0.29, 0.717) is 25.8 Å². The molecule has 0 amide bonds. The Morgan fingerprint density at radius 1 is 1.37 bits per heavy atom. The lowest BCUT2D eigenvalue weighted by atomic mass is 9.70. The van der Waals surface area contributed by atoms with Gasteiger partial charge in [-0.2, -0.15) is 0 Å². The smallest absolute Gasteiger partial charge is 0.320 e. The van der Waals surface area contributed by atoms with Crippen molar-refractivity contribution in [2.75, 3.05) is 6.54 Å². The molecule has 0 aromatic heterocycles. The molecule has 1 rings (SSSR count). The van der Waals surface area contributed by atoms with Crippen LogP contribution in [0.2, 0.25) is 0 Å². The van der Waals surface area contributed by atoms with Crippen LogP contribution in [0.1, 0.15) is 53.4 Å². The highest BCUT2D eigenvalue weighted by Crippen LogP contribution is 2.41. The number of aliphatic carboxylic acids is 1. The van der Waals surface area contributed by atoms with Crippen molar-refractivity contribution in [3.63, 3.8) is 0 Å². The molecule has 0 spiro atoms. The fraction of sp³-hybridized carbons (Fsp3) is 0.929. The average molecular weight is 273 g/mol. The van der Waals surface area contributed by atoms with Gasteiger partial charge in [0.1, 0.15) is 17.9 Å². The monoisotopic (exact) mass is 273 g/mol. The number of likely N-dealkylation sites (tertiary alicyclic amines) is 1. The molecular formula is C14H27NO4. The van der Waals surface area contributed by atoms with Crippen molar-refractivity contribution in [1.82, 2.24) is 4.90 Å². The van der Waals surface area contributed by atoms with Crippen LogP contribution < -0.4 is 0 Å². The van der Waals surface area contributed by atoms with E-state index in [2.05, 4.69) is 0 Å². The third-order valence-corrected chi connectivity index (χ3v) is 4.92. The van der Waals surface area contributed by atoms with Crippen LogP contribution in [-0.4, -0.2) is 50.6 Å². The molecule has 5 heteroatoms. The topological polar surface area (TPSA) is 81.0 Å². The van der Waals surface area contributed by atoms with Crippen molar-refractivity contribution in [2.24, 2.45) is 5.41 Å². The number of aliphatic hydroxyl groups excluding tert-OH is 1. The van der Waals surface area contributed by atoms with Crippen LogP contribution in [0, 0.1) is 5.41 Å². The Labute approximate surface area is 115 Å². The summed E-state index contributed by atoms with van der Waals surface area (Å²) in [6.07, 6.45) is 1.22. The number of rotatable bonds is 6. The van der Waals surface area contributed by atoms with Gasteiger partial charge in [0, 0.05) is 6.54 Å². The first kappa shape index (κ1) is 16.4. The molecule has 19 heavy (non-hydrogen) atoms. The van der Waals surface area contributed by atoms with Gasteiger partial charge in [-0.05, 0) is 31.1 Å². The molecule has 0 aliphatic carbocycles. The normalized spacial score (nSPS) is 26.1. The lowest BCUT2D eigenvalue weighted by Gasteiger charge is -2.48. The molecule has 1 aliphatic heterocycles. The van der Waals surface area contributed by atoms with E-state index in [1.54, 1.807) is 0 Å². The molecule has 0 saturated carbocycles. The van der Waals surface area contributed by atoms with E-state index < -0.39 is 29.3 Å². The van der Waals surface area contributed by atoms with Gasteiger partial charge in [0.15, 0.2) is 0 Å². The predicted molar refractivity (Wildman–Crippen MR) is 72.7 cm³/mol. The van der Waals surface area contributed by atoms with Crippen LogP contribution in [0.3, 0.4) is 0 Å². The summed E-state index contributed by atoms with van der Waals surface area (Å²) in [7, 11) is 0. The Balaban J connectivity index is 3.02. The highest BCUT2D eigenvalue weighted by Gasteiger charge is 2.51. The fourth-order valence-corrected chi connectivity index (χ4v) is 2.94. The largest absolute Gasteiger partial charge is 0.480 e. The standard InChI is InChI=1S/C14H27NO4/c1-5-13(3,4)14(19,6-2)12(18)15-9-7-8-10(15)11(16)17/h10,12,18-19H,5-9H2,1-4H3,(H,16,17)/t10?,12?,14-/m0/s1. The molecule has 0 radical (unpaired) electrons. The minimum absolute atomic E-state index is 0.387. The Kier molecular flexibility index (Phi) is 4.98. The molecule has 0 bridgehead atoms. The zero-order valence-electron chi connectivity index (χ0n) is 12.4. The molecule has 3 N–H and O–H groups in total. The Morgan fingerprint density at radius 3 is 2.37 bits per heavy atom. The van der Waals surface area contributed by atoms with Crippen molar-refractivity contribution in [2.45, 2.75) is 71.2 Å². The highest BCUT2D eigenvalue weighted by atomic mass is 16.4. The molecule has 1 aliphatic rings. The van der Waals surface area contributed by atoms with E-state index >= 15 is 0 Å². The minimum Gasteiger partial charge on any atom is -0.480 e. The van der Waals surface area contributed by atoms with E-state index in [1.165, 1.54) is 4.90 Å². The van der Waals surface area contributed by atoms with Gasteiger partial charge < -0.3 is 15.3 Å². The van der Waals surface area contributed by atoms with Crippen LogP contribution in [0.4, 0.5) is 0 Å². The second-order valence-corrected chi connectivity index (χ2v) is 6.12. The summed E-state index contributed by atoms with van der Waals surface area (Å²) in [6.45, 7) is 8.12. The third-order valence-electron chi connectivity index (χ3n) is 4.92. The maximum atomic E-state index is 11.2. The first-order valence-corrected chi connectivity index (χ1v) is 7.10. The van der Waals surface area contributed by atoms with Gasteiger partial charge in [0.25, 0.3) is 0 Å². The maximum Gasteiger partial charge on any atom is 0.320 e. The number of carboxylic acid groups (broad SMARTS) is 1. The Bertz CT molecular complexity index is 331. The molecule has 112 valence electrons. The number of hydrogen-bond acceptors (Lipinski definition) is 4. The number of nitrogens with zero attached hydrogens (tertiary/aromatic N) is 1. The van der Waals surface area contributed by atoms with Gasteiger partial charge in [-0.1, -0.05) is 27.7 Å². The third kappa shape index (κ3) is 2.78. The van der Waals surface area contributed by atoms with E-state index in [4.69, 9.17) is 0 Å². The summed E-state index contributed by atoms with van der Waals surface area (Å²) in [5.74, 6) is -0.927. The van der Waals surface area contributed by atoms with E-state index in [0.717, 1.165) is 6.42 Å². The molecule has 1 saturated heterocycles. The van der Waals surface area contributed by atoms with Gasteiger partial charge in [-0.25, -0.2) is 0 Å². The molecular weight excluding hydrogens is 246 g/mol. The second-order valence-electron chi connectivity index (χ2n) is 6.12. The fourth-order valence-electron chi connectivity index (χ4n) is 2.94. The van der Waals surface area contributed by atoms with Crippen LogP contribution in [0.25, 0.3) is 0 Å². The number of carboxylic acids is 1.